The second kappa shape index (κ2) is 8.62. The SMILES string of the molecule is CC(C)Cc1c(Cl)c(C(F)(F)F)nn1-c1cccc(C(=O)N(C)c2ccc3c(c2)OCO3)c1. The Morgan fingerprint density at radius 2 is 1.91 bits per heavy atom. The van der Waals surface area contributed by atoms with Crippen molar-refractivity contribution in [2.45, 2.75) is 26.4 Å². The Hall–Kier alpha value is -3.20. The number of alkyl halides is 3. The topological polar surface area (TPSA) is 56.6 Å². The number of carbonyl (C=O) groups excluding carboxylic acids is 1. The number of anilines is 1. The number of ether oxygens (including phenoxy) is 2. The van der Waals surface area contributed by atoms with E-state index >= 15 is 0 Å². The van der Waals surface area contributed by atoms with Crippen LogP contribution in [0.3, 0.4) is 0 Å². The minimum absolute atomic E-state index is 0.0426. The fourth-order valence-electron chi connectivity index (χ4n) is 3.57. The first-order chi connectivity index (χ1) is 15.6. The van der Waals surface area contributed by atoms with Gasteiger partial charge in [-0.25, -0.2) is 4.68 Å². The number of fused-ring (bicyclic) bond motifs is 1. The van der Waals surface area contributed by atoms with Gasteiger partial charge in [-0.1, -0.05) is 31.5 Å². The fraction of sp³-hybridized carbons (Fsp3) is 0.304. The van der Waals surface area contributed by atoms with Crippen molar-refractivity contribution in [2.75, 3.05) is 18.7 Å². The fourth-order valence-corrected chi connectivity index (χ4v) is 3.87. The van der Waals surface area contributed by atoms with Gasteiger partial charge in [0.2, 0.25) is 6.79 Å². The van der Waals surface area contributed by atoms with Gasteiger partial charge in [0.05, 0.1) is 16.4 Å². The van der Waals surface area contributed by atoms with E-state index in [2.05, 4.69) is 5.10 Å². The summed E-state index contributed by atoms with van der Waals surface area (Å²) in [7, 11) is 1.60. The predicted octanol–water partition coefficient (Wildman–Crippen LogP) is 5.75. The van der Waals surface area contributed by atoms with Crippen LogP contribution in [0, 0.1) is 5.92 Å². The highest BCUT2D eigenvalue weighted by molar-refractivity contribution is 6.32. The second-order valence-corrected chi connectivity index (χ2v) is 8.45. The van der Waals surface area contributed by atoms with Crippen molar-refractivity contribution >= 4 is 23.2 Å². The Kier molecular flexibility index (Phi) is 6.00. The van der Waals surface area contributed by atoms with E-state index in [4.69, 9.17) is 21.1 Å². The molecular weight excluding hydrogens is 459 g/mol. The average molecular weight is 480 g/mol. The minimum atomic E-state index is -4.69. The normalized spacial score (nSPS) is 13.0. The summed E-state index contributed by atoms with van der Waals surface area (Å²) in [6.45, 7) is 3.87. The smallest absolute Gasteiger partial charge is 0.436 e. The third-order valence-electron chi connectivity index (χ3n) is 5.17. The lowest BCUT2D eigenvalue weighted by molar-refractivity contribution is -0.141. The van der Waals surface area contributed by atoms with E-state index in [1.54, 1.807) is 43.4 Å². The molecule has 2 heterocycles. The first-order valence-corrected chi connectivity index (χ1v) is 10.6. The first-order valence-electron chi connectivity index (χ1n) is 10.2. The number of hydrogen-bond donors (Lipinski definition) is 0. The third kappa shape index (κ3) is 4.50. The van der Waals surface area contributed by atoms with Crippen molar-refractivity contribution in [1.29, 1.82) is 0 Å². The standard InChI is InChI=1S/C23H21ClF3N3O3/c1-13(2)9-17-20(24)21(23(25,26)27)28-30(17)16-6-4-5-14(10-16)22(31)29(3)15-7-8-18-19(11-15)33-12-32-18/h4-8,10-11,13H,9,12H2,1-3H3. The van der Waals surface area contributed by atoms with E-state index in [1.165, 1.54) is 15.6 Å². The molecule has 1 aliphatic rings. The summed E-state index contributed by atoms with van der Waals surface area (Å²) in [5.74, 6) is 0.816. The molecule has 0 radical (unpaired) electrons. The maximum Gasteiger partial charge on any atom is 0.436 e. The molecule has 10 heteroatoms. The molecule has 0 saturated heterocycles. The zero-order valence-electron chi connectivity index (χ0n) is 18.1. The summed E-state index contributed by atoms with van der Waals surface area (Å²) in [6.07, 6.45) is -4.40. The first kappa shape index (κ1) is 23.0. The lowest BCUT2D eigenvalue weighted by Gasteiger charge is -2.18. The third-order valence-corrected chi connectivity index (χ3v) is 5.57. The van der Waals surface area contributed by atoms with E-state index in [-0.39, 0.29) is 36.3 Å². The van der Waals surface area contributed by atoms with Gasteiger partial charge in [-0.05, 0) is 42.7 Å². The highest BCUT2D eigenvalue weighted by Crippen LogP contribution is 2.38. The number of carbonyl (C=O) groups is 1. The van der Waals surface area contributed by atoms with Gasteiger partial charge in [-0.2, -0.15) is 18.3 Å². The van der Waals surface area contributed by atoms with Crippen LogP contribution >= 0.6 is 11.6 Å². The van der Waals surface area contributed by atoms with E-state index in [1.807, 2.05) is 13.8 Å². The van der Waals surface area contributed by atoms with Gasteiger partial charge in [0, 0.05) is 24.4 Å². The van der Waals surface area contributed by atoms with Crippen molar-refractivity contribution in [2.24, 2.45) is 5.92 Å². The van der Waals surface area contributed by atoms with Crippen LogP contribution in [0.1, 0.15) is 35.6 Å². The van der Waals surface area contributed by atoms with E-state index in [0.29, 0.717) is 22.9 Å². The quantitative estimate of drug-likeness (QED) is 0.467. The molecule has 1 amide bonds. The highest BCUT2D eigenvalue weighted by Gasteiger charge is 2.39. The zero-order valence-corrected chi connectivity index (χ0v) is 18.9. The summed E-state index contributed by atoms with van der Waals surface area (Å²) in [5.41, 5.74) is 0.273. The lowest BCUT2D eigenvalue weighted by Crippen LogP contribution is -2.26. The van der Waals surface area contributed by atoms with Gasteiger partial charge >= 0.3 is 6.18 Å². The van der Waals surface area contributed by atoms with E-state index < -0.39 is 16.9 Å². The van der Waals surface area contributed by atoms with Crippen molar-refractivity contribution in [3.63, 3.8) is 0 Å². The Morgan fingerprint density at radius 3 is 2.61 bits per heavy atom. The Labute approximate surface area is 193 Å². The predicted molar refractivity (Wildman–Crippen MR) is 117 cm³/mol. The maximum atomic E-state index is 13.5. The van der Waals surface area contributed by atoms with Gasteiger partial charge in [0.25, 0.3) is 5.91 Å². The number of benzene rings is 2. The molecule has 0 unspecified atom stereocenters. The van der Waals surface area contributed by atoms with Gasteiger partial charge < -0.3 is 14.4 Å². The molecule has 0 fully saturated rings. The Bertz CT molecular complexity index is 1210. The van der Waals surface area contributed by atoms with Gasteiger partial charge in [0.1, 0.15) is 0 Å². The monoisotopic (exact) mass is 479 g/mol. The van der Waals surface area contributed by atoms with Crippen molar-refractivity contribution in [1.82, 2.24) is 9.78 Å². The van der Waals surface area contributed by atoms with Crippen molar-refractivity contribution in [3.8, 4) is 17.2 Å². The summed E-state index contributed by atoms with van der Waals surface area (Å²) < 4.78 is 52.2. The number of nitrogens with zero attached hydrogens (tertiary/aromatic N) is 3. The molecule has 0 saturated carbocycles. The molecule has 4 rings (SSSR count). The summed E-state index contributed by atoms with van der Waals surface area (Å²) in [4.78, 5) is 14.6. The van der Waals surface area contributed by atoms with Gasteiger partial charge in [-0.3, -0.25) is 4.79 Å². The van der Waals surface area contributed by atoms with Crippen LogP contribution in [0.15, 0.2) is 42.5 Å². The number of hydrogen-bond acceptors (Lipinski definition) is 4. The molecule has 0 spiro atoms. The molecule has 1 aromatic heterocycles. The van der Waals surface area contributed by atoms with Crippen LogP contribution < -0.4 is 14.4 Å². The van der Waals surface area contributed by atoms with Crippen LogP contribution in [-0.2, 0) is 12.6 Å². The van der Waals surface area contributed by atoms with Crippen molar-refractivity contribution in [3.05, 3.63) is 64.4 Å². The molecule has 33 heavy (non-hydrogen) atoms. The van der Waals surface area contributed by atoms with Crippen LogP contribution in [-0.4, -0.2) is 29.5 Å². The molecular formula is C23H21ClF3N3O3. The van der Waals surface area contributed by atoms with E-state index in [9.17, 15) is 18.0 Å². The largest absolute Gasteiger partial charge is 0.454 e. The van der Waals surface area contributed by atoms with Gasteiger partial charge in [0.15, 0.2) is 17.2 Å². The van der Waals surface area contributed by atoms with Crippen LogP contribution in [0.5, 0.6) is 11.5 Å². The zero-order chi connectivity index (χ0) is 23.9. The van der Waals surface area contributed by atoms with Crippen molar-refractivity contribution < 1.29 is 27.4 Å². The Balaban J connectivity index is 1.70. The summed E-state index contributed by atoms with van der Waals surface area (Å²) in [5, 5.41) is 3.33. The molecule has 174 valence electrons. The lowest BCUT2D eigenvalue weighted by atomic mass is 10.1. The van der Waals surface area contributed by atoms with E-state index in [0.717, 1.165) is 0 Å². The van der Waals surface area contributed by atoms with Crippen LogP contribution in [0.4, 0.5) is 18.9 Å². The molecule has 0 aliphatic carbocycles. The highest BCUT2D eigenvalue weighted by atomic mass is 35.5. The molecule has 6 nitrogen and oxygen atoms in total. The number of halogens is 4. The molecule has 1 aliphatic heterocycles. The summed E-state index contributed by atoms with van der Waals surface area (Å²) >= 11 is 6.09. The van der Waals surface area contributed by atoms with Crippen LogP contribution in [0.25, 0.3) is 5.69 Å². The average Bonchev–Trinajstić information content (AvgIpc) is 3.36. The second-order valence-electron chi connectivity index (χ2n) is 8.07. The molecule has 3 aromatic rings. The number of aromatic nitrogens is 2. The number of rotatable bonds is 5. The summed E-state index contributed by atoms with van der Waals surface area (Å²) in [6, 6.07) is 11.4. The van der Waals surface area contributed by atoms with Gasteiger partial charge in [-0.15, -0.1) is 0 Å². The van der Waals surface area contributed by atoms with Crippen LogP contribution in [0.2, 0.25) is 5.02 Å². The minimum Gasteiger partial charge on any atom is -0.454 e. The number of amides is 1. The molecule has 0 N–H and O–H groups in total. The maximum absolute atomic E-state index is 13.5. The molecule has 0 bridgehead atoms. The Morgan fingerprint density at radius 1 is 1.18 bits per heavy atom. The molecule has 2 aromatic carbocycles. The molecule has 0 atom stereocenters.